The Morgan fingerprint density at radius 2 is 2.05 bits per heavy atom. The lowest BCUT2D eigenvalue weighted by molar-refractivity contribution is 0.168. The summed E-state index contributed by atoms with van der Waals surface area (Å²) in [6.07, 6.45) is 7.89. The smallest absolute Gasteiger partial charge is 0.115 e. The Morgan fingerprint density at radius 3 is 2.85 bits per heavy atom. The van der Waals surface area contributed by atoms with Gasteiger partial charge >= 0.3 is 0 Å². The summed E-state index contributed by atoms with van der Waals surface area (Å²) in [5.41, 5.74) is 4.15. The zero-order valence-electron chi connectivity index (χ0n) is 12.1. The van der Waals surface area contributed by atoms with Crippen LogP contribution in [0, 0.1) is 5.92 Å². The van der Waals surface area contributed by atoms with Crippen molar-refractivity contribution >= 4 is 0 Å². The first-order valence-electron chi connectivity index (χ1n) is 8.03. The first kappa shape index (κ1) is 12.7. The van der Waals surface area contributed by atoms with Crippen molar-refractivity contribution in [3.8, 4) is 0 Å². The molecule has 0 radical (unpaired) electrons. The minimum Gasteiger partial charge on any atom is -0.381 e. The molecule has 20 heavy (non-hydrogen) atoms. The van der Waals surface area contributed by atoms with Crippen LogP contribution in [0.1, 0.15) is 42.1 Å². The molecule has 3 heterocycles. The molecule has 108 valence electrons. The first-order valence-corrected chi connectivity index (χ1v) is 8.03. The molecule has 3 aliphatic rings. The lowest BCUT2D eigenvalue weighted by Gasteiger charge is -2.22. The molecule has 0 aromatic carbocycles. The van der Waals surface area contributed by atoms with Gasteiger partial charge in [0.1, 0.15) is 6.33 Å². The van der Waals surface area contributed by atoms with E-state index in [2.05, 4.69) is 14.9 Å². The Hall–Kier alpha value is -1.00. The largest absolute Gasteiger partial charge is 0.381 e. The highest BCUT2D eigenvalue weighted by Gasteiger charge is 2.30. The molecule has 0 amide bonds. The molecular formula is C16H23N3O. The van der Waals surface area contributed by atoms with Gasteiger partial charge in [0.25, 0.3) is 0 Å². The Balaban J connectivity index is 1.46. The molecule has 2 fully saturated rings. The van der Waals surface area contributed by atoms with Crippen molar-refractivity contribution in [3.63, 3.8) is 0 Å². The van der Waals surface area contributed by atoms with Gasteiger partial charge in [-0.15, -0.1) is 0 Å². The summed E-state index contributed by atoms with van der Waals surface area (Å²) in [6, 6.07) is 0. The van der Waals surface area contributed by atoms with Gasteiger partial charge in [0.05, 0.1) is 12.3 Å². The second-order valence-corrected chi connectivity index (χ2v) is 6.49. The van der Waals surface area contributed by atoms with Crippen molar-refractivity contribution in [1.82, 2.24) is 14.9 Å². The van der Waals surface area contributed by atoms with E-state index in [9.17, 15) is 0 Å². The second kappa shape index (κ2) is 5.41. The predicted molar refractivity (Wildman–Crippen MR) is 76.8 cm³/mol. The fraction of sp³-hybridized carbons (Fsp3) is 0.750. The van der Waals surface area contributed by atoms with Crippen LogP contribution in [0.15, 0.2) is 6.33 Å². The number of rotatable bonds is 3. The maximum Gasteiger partial charge on any atom is 0.115 e. The van der Waals surface area contributed by atoms with Crippen LogP contribution in [0.4, 0.5) is 0 Å². The van der Waals surface area contributed by atoms with Gasteiger partial charge in [-0.2, -0.15) is 0 Å². The van der Waals surface area contributed by atoms with Crippen LogP contribution >= 0.6 is 0 Å². The van der Waals surface area contributed by atoms with Gasteiger partial charge in [-0.1, -0.05) is 0 Å². The third kappa shape index (κ3) is 2.59. The standard InChI is InChI=1S/C16H23N3O/c1-2-13(1)16-14-3-6-19(9-12-5-8-20-10-12)7-4-15(14)17-11-18-16/h11-13H,1-10H2/t12-/m1/s1. The first-order chi connectivity index (χ1) is 9.90. The van der Waals surface area contributed by atoms with Crippen LogP contribution in [0.5, 0.6) is 0 Å². The number of ether oxygens (including phenoxy) is 1. The lowest BCUT2D eigenvalue weighted by atomic mass is 10.0. The van der Waals surface area contributed by atoms with Crippen molar-refractivity contribution in [3.05, 3.63) is 23.3 Å². The summed E-state index contributed by atoms with van der Waals surface area (Å²) in [5.74, 6) is 1.48. The van der Waals surface area contributed by atoms with Gasteiger partial charge in [0.15, 0.2) is 0 Å². The van der Waals surface area contributed by atoms with Crippen LogP contribution in [-0.2, 0) is 17.6 Å². The maximum absolute atomic E-state index is 5.50. The monoisotopic (exact) mass is 273 g/mol. The molecule has 1 aromatic rings. The second-order valence-electron chi connectivity index (χ2n) is 6.49. The highest BCUT2D eigenvalue weighted by Crippen LogP contribution is 2.41. The van der Waals surface area contributed by atoms with Crippen molar-refractivity contribution in [2.45, 2.75) is 38.0 Å². The molecule has 2 aliphatic heterocycles. The molecule has 0 bridgehead atoms. The van der Waals surface area contributed by atoms with Crippen molar-refractivity contribution < 1.29 is 4.74 Å². The van der Waals surface area contributed by atoms with Gasteiger partial charge in [0, 0.05) is 44.3 Å². The average Bonchev–Trinajstić information content (AvgIpc) is 3.22. The predicted octanol–water partition coefficient (Wildman–Crippen LogP) is 1.79. The van der Waals surface area contributed by atoms with E-state index in [4.69, 9.17) is 4.74 Å². The van der Waals surface area contributed by atoms with Crippen LogP contribution in [0.25, 0.3) is 0 Å². The number of fused-ring (bicyclic) bond motifs is 1. The number of hydrogen-bond acceptors (Lipinski definition) is 4. The summed E-state index contributed by atoms with van der Waals surface area (Å²) in [5, 5.41) is 0. The Labute approximate surface area is 120 Å². The fourth-order valence-corrected chi connectivity index (χ4v) is 3.58. The highest BCUT2D eigenvalue weighted by atomic mass is 16.5. The molecule has 0 unspecified atom stereocenters. The molecular weight excluding hydrogens is 250 g/mol. The minimum absolute atomic E-state index is 0.738. The third-order valence-corrected chi connectivity index (χ3v) is 4.92. The summed E-state index contributed by atoms with van der Waals surface area (Å²) in [6.45, 7) is 5.41. The molecule has 0 spiro atoms. The zero-order chi connectivity index (χ0) is 13.4. The number of nitrogens with zero attached hydrogens (tertiary/aromatic N) is 3. The van der Waals surface area contributed by atoms with E-state index in [1.807, 2.05) is 0 Å². The van der Waals surface area contributed by atoms with Crippen LogP contribution in [0.3, 0.4) is 0 Å². The summed E-state index contributed by atoms with van der Waals surface area (Å²) < 4.78 is 5.50. The van der Waals surface area contributed by atoms with E-state index in [1.54, 1.807) is 6.33 Å². The average molecular weight is 273 g/mol. The van der Waals surface area contributed by atoms with Gasteiger partial charge in [-0.25, -0.2) is 9.97 Å². The van der Waals surface area contributed by atoms with E-state index < -0.39 is 0 Å². The van der Waals surface area contributed by atoms with Crippen molar-refractivity contribution in [2.24, 2.45) is 5.92 Å². The van der Waals surface area contributed by atoms with Crippen LogP contribution < -0.4 is 0 Å². The van der Waals surface area contributed by atoms with Crippen molar-refractivity contribution in [2.75, 3.05) is 32.8 Å². The molecule has 1 saturated carbocycles. The summed E-state index contributed by atoms with van der Waals surface area (Å²) in [7, 11) is 0. The van der Waals surface area contributed by atoms with Crippen LogP contribution in [-0.4, -0.2) is 47.7 Å². The topological polar surface area (TPSA) is 38.2 Å². The quantitative estimate of drug-likeness (QED) is 0.841. The molecule has 4 nitrogen and oxygen atoms in total. The Morgan fingerprint density at radius 1 is 1.15 bits per heavy atom. The summed E-state index contributed by atoms with van der Waals surface area (Å²) >= 11 is 0. The minimum atomic E-state index is 0.738. The van der Waals surface area contributed by atoms with E-state index in [0.717, 1.165) is 51.0 Å². The number of aromatic nitrogens is 2. The molecule has 4 rings (SSSR count). The van der Waals surface area contributed by atoms with E-state index in [0.29, 0.717) is 0 Å². The Bertz CT molecular complexity index is 481. The van der Waals surface area contributed by atoms with Gasteiger partial charge < -0.3 is 9.64 Å². The summed E-state index contributed by atoms with van der Waals surface area (Å²) in [4.78, 5) is 11.7. The van der Waals surface area contributed by atoms with Crippen molar-refractivity contribution in [1.29, 1.82) is 0 Å². The fourth-order valence-electron chi connectivity index (χ4n) is 3.58. The third-order valence-electron chi connectivity index (χ3n) is 4.92. The molecule has 1 aliphatic carbocycles. The normalized spacial score (nSPS) is 27.3. The maximum atomic E-state index is 5.50. The van der Waals surface area contributed by atoms with E-state index >= 15 is 0 Å². The molecule has 1 saturated heterocycles. The molecule has 4 heteroatoms. The highest BCUT2D eigenvalue weighted by molar-refractivity contribution is 5.31. The molecule has 1 aromatic heterocycles. The van der Waals surface area contributed by atoms with Gasteiger partial charge in [-0.05, 0) is 37.2 Å². The lowest BCUT2D eigenvalue weighted by Crippen LogP contribution is -2.32. The van der Waals surface area contributed by atoms with Crippen LogP contribution in [0.2, 0.25) is 0 Å². The SMILES string of the molecule is c1nc2c(c(C3CC3)n1)CCN(C[C@H]1CCOC1)CC2. The zero-order valence-corrected chi connectivity index (χ0v) is 12.1. The Kier molecular flexibility index (Phi) is 3.44. The van der Waals surface area contributed by atoms with Gasteiger partial charge in [0.2, 0.25) is 0 Å². The van der Waals surface area contributed by atoms with E-state index in [1.165, 1.54) is 42.8 Å². The molecule has 1 atom stereocenters. The molecule has 0 N–H and O–H groups in total. The van der Waals surface area contributed by atoms with Gasteiger partial charge in [-0.3, -0.25) is 0 Å². The van der Waals surface area contributed by atoms with E-state index in [-0.39, 0.29) is 0 Å². The number of hydrogen-bond donors (Lipinski definition) is 0.